The topological polar surface area (TPSA) is 42.7 Å². The third kappa shape index (κ3) is 3.17. The van der Waals surface area contributed by atoms with Crippen LogP contribution in [-0.4, -0.2) is 14.8 Å². The predicted octanol–water partition coefficient (Wildman–Crippen LogP) is 2.99. The van der Waals surface area contributed by atoms with Crippen molar-refractivity contribution in [3.63, 3.8) is 0 Å². The first-order valence-electron chi connectivity index (χ1n) is 6.48. The summed E-state index contributed by atoms with van der Waals surface area (Å²) >= 11 is 1.81. The summed E-state index contributed by atoms with van der Waals surface area (Å²) in [4.78, 5) is 5.70. The van der Waals surface area contributed by atoms with Gasteiger partial charge in [0.2, 0.25) is 0 Å². The molecule has 2 aromatic heterocycles. The van der Waals surface area contributed by atoms with Gasteiger partial charge in [0.1, 0.15) is 12.2 Å². The monoisotopic (exact) mass is 264 g/mol. The Kier molecular flexibility index (Phi) is 4.90. The lowest BCUT2D eigenvalue weighted by atomic mass is 10.1. The van der Waals surface area contributed by atoms with E-state index in [0.29, 0.717) is 6.04 Å². The summed E-state index contributed by atoms with van der Waals surface area (Å²) < 4.78 is 1.93. The Labute approximate surface area is 112 Å². The summed E-state index contributed by atoms with van der Waals surface area (Å²) in [6.45, 7) is 5.95. The largest absolute Gasteiger partial charge is 0.302 e. The van der Waals surface area contributed by atoms with E-state index in [1.807, 2.05) is 16.0 Å². The predicted molar refractivity (Wildman–Crippen MR) is 74.5 cm³/mol. The molecule has 0 aliphatic heterocycles. The van der Waals surface area contributed by atoms with Crippen LogP contribution in [0.5, 0.6) is 0 Å². The molecule has 0 fully saturated rings. The van der Waals surface area contributed by atoms with Crippen molar-refractivity contribution < 1.29 is 0 Å². The quantitative estimate of drug-likeness (QED) is 0.836. The summed E-state index contributed by atoms with van der Waals surface area (Å²) in [7, 11) is 0. The van der Waals surface area contributed by atoms with Crippen LogP contribution >= 0.6 is 11.3 Å². The second-order valence-electron chi connectivity index (χ2n) is 4.23. The fourth-order valence-electron chi connectivity index (χ4n) is 2.03. The number of aryl methyl sites for hydroxylation is 1. The molecule has 98 valence electrons. The van der Waals surface area contributed by atoms with Crippen LogP contribution in [0.2, 0.25) is 0 Å². The van der Waals surface area contributed by atoms with Gasteiger partial charge in [-0.1, -0.05) is 19.4 Å². The van der Waals surface area contributed by atoms with Crippen molar-refractivity contribution >= 4 is 11.3 Å². The molecule has 18 heavy (non-hydrogen) atoms. The molecular formula is C13H20N4S. The molecule has 0 saturated heterocycles. The van der Waals surface area contributed by atoms with Gasteiger partial charge < -0.3 is 5.32 Å². The molecule has 1 atom stereocenters. The van der Waals surface area contributed by atoms with Crippen molar-refractivity contribution in [3.05, 3.63) is 34.5 Å². The van der Waals surface area contributed by atoms with E-state index < -0.39 is 0 Å². The lowest BCUT2D eigenvalue weighted by Gasteiger charge is -2.16. The number of nitrogens with one attached hydrogen (secondary N) is 1. The van der Waals surface area contributed by atoms with Crippen molar-refractivity contribution in [2.75, 3.05) is 0 Å². The lowest BCUT2D eigenvalue weighted by Crippen LogP contribution is -2.22. The van der Waals surface area contributed by atoms with Crippen molar-refractivity contribution in [3.8, 4) is 0 Å². The number of rotatable bonds is 7. The van der Waals surface area contributed by atoms with Crippen LogP contribution < -0.4 is 5.32 Å². The zero-order valence-electron chi connectivity index (χ0n) is 11.0. The molecule has 0 aromatic carbocycles. The smallest absolute Gasteiger partial charge is 0.140 e. The van der Waals surface area contributed by atoms with Crippen molar-refractivity contribution in [1.82, 2.24) is 20.1 Å². The first-order valence-corrected chi connectivity index (χ1v) is 7.36. The number of thiophene rings is 1. The normalized spacial score (nSPS) is 12.8. The summed E-state index contributed by atoms with van der Waals surface area (Å²) in [5.41, 5.74) is 0. The van der Waals surface area contributed by atoms with Crippen LogP contribution in [0.4, 0.5) is 0 Å². The van der Waals surface area contributed by atoms with Crippen LogP contribution in [-0.2, 0) is 13.1 Å². The first-order chi connectivity index (χ1) is 8.85. The third-order valence-corrected chi connectivity index (χ3v) is 3.95. The van der Waals surface area contributed by atoms with Crippen molar-refractivity contribution in [2.24, 2.45) is 0 Å². The van der Waals surface area contributed by atoms with Gasteiger partial charge in [0.25, 0.3) is 0 Å². The molecule has 0 amide bonds. The van der Waals surface area contributed by atoms with Gasteiger partial charge in [-0.3, -0.25) is 0 Å². The van der Waals surface area contributed by atoms with E-state index in [9.17, 15) is 0 Å². The molecule has 0 saturated carbocycles. The molecule has 0 spiro atoms. The van der Waals surface area contributed by atoms with Crippen LogP contribution in [0, 0.1) is 0 Å². The molecule has 0 aliphatic rings. The first kappa shape index (κ1) is 13.2. The highest BCUT2D eigenvalue weighted by molar-refractivity contribution is 7.10. The number of aromatic nitrogens is 3. The average molecular weight is 264 g/mol. The van der Waals surface area contributed by atoms with Crippen molar-refractivity contribution in [2.45, 2.75) is 45.8 Å². The maximum atomic E-state index is 4.29. The van der Waals surface area contributed by atoms with Crippen LogP contribution in [0.15, 0.2) is 23.8 Å². The van der Waals surface area contributed by atoms with Gasteiger partial charge in [0, 0.05) is 17.5 Å². The van der Waals surface area contributed by atoms with Gasteiger partial charge >= 0.3 is 0 Å². The van der Waals surface area contributed by atoms with E-state index >= 15 is 0 Å². The second kappa shape index (κ2) is 6.66. The summed E-state index contributed by atoms with van der Waals surface area (Å²) in [6, 6.07) is 4.73. The number of nitrogens with zero attached hydrogens (tertiary/aromatic N) is 3. The SMILES string of the molecule is CCCC(NCc1ncnn1CC)c1cccs1. The van der Waals surface area contributed by atoms with Gasteiger partial charge in [-0.15, -0.1) is 11.3 Å². The maximum absolute atomic E-state index is 4.29. The van der Waals surface area contributed by atoms with E-state index in [2.05, 4.69) is 46.8 Å². The zero-order chi connectivity index (χ0) is 12.8. The number of hydrogen-bond donors (Lipinski definition) is 1. The van der Waals surface area contributed by atoms with E-state index in [-0.39, 0.29) is 0 Å². The molecule has 0 radical (unpaired) electrons. The summed E-state index contributed by atoms with van der Waals surface area (Å²) in [5, 5.41) is 9.91. The molecule has 0 aliphatic carbocycles. The van der Waals surface area contributed by atoms with E-state index in [1.54, 1.807) is 6.33 Å². The fraction of sp³-hybridized carbons (Fsp3) is 0.538. The Balaban J connectivity index is 1.98. The van der Waals surface area contributed by atoms with E-state index in [4.69, 9.17) is 0 Å². The molecule has 1 N–H and O–H groups in total. The minimum Gasteiger partial charge on any atom is -0.302 e. The molecule has 0 bridgehead atoms. The highest BCUT2D eigenvalue weighted by Gasteiger charge is 2.12. The van der Waals surface area contributed by atoms with E-state index in [1.165, 1.54) is 11.3 Å². The second-order valence-corrected chi connectivity index (χ2v) is 5.21. The summed E-state index contributed by atoms with van der Waals surface area (Å²) in [5.74, 6) is 1.01. The minimum atomic E-state index is 0.428. The van der Waals surface area contributed by atoms with E-state index in [0.717, 1.165) is 25.3 Å². The molecule has 2 aromatic rings. The Hall–Kier alpha value is -1.20. The van der Waals surface area contributed by atoms with Crippen LogP contribution in [0.1, 0.15) is 43.4 Å². The Morgan fingerprint density at radius 2 is 2.33 bits per heavy atom. The maximum Gasteiger partial charge on any atom is 0.140 e. The minimum absolute atomic E-state index is 0.428. The highest BCUT2D eigenvalue weighted by atomic mass is 32.1. The number of hydrogen-bond acceptors (Lipinski definition) is 4. The highest BCUT2D eigenvalue weighted by Crippen LogP contribution is 2.23. The Bertz CT molecular complexity index is 449. The van der Waals surface area contributed by atoms with Gasteiger partial charge in [0.05, 0.1) is 6.54 Å². The van der Waals surface area contributed by atoms with Gasteiger partial charge in [-0.25, -0.2) is 9.67 Å². The molecule has 2 rings (SSSR count). The van der Waals surface area contributed by atoms with Crippen LogP contribution in [0.25, 0.3) is 0 Å². The molecule has 1 unspecified atom stereocenters. The molecule has 5 heteroatoms. The lowest BCUT2D eigenvalue weighted by molar-refractivity contribution is 0.475. The van der Waals surface area contributed by atoms with Crippen molar-refractivity contribution in [1.29, 1.82) is 0 Å². The Morgan fingerprint density at radius 1 is 1.44 bits per heavy atom. The summed E-state index contributed by atoms with van der Waals surface area (Å²) in [6.07, 6.45) is 3.96. The van der Waals surface area contributed by atoms with Gasteiger partial charge in [0.15, 0.2) is 0 Å². The Morgan fingerprint density at radius 3 is 3.00 bits per heavy atom. The average Bonchev–Trinajstić information content (AvgIpc) is 3.05. The third-order valence-electron chi connectivity index (χ3n) is 2.97. The van der Waals surface area contributed by atoms with Gasteiger partial charge in [-0.05, 0) is 24.8 Å². The molecule has 2 heterocycles. The molecular weight excluding hydrogens is 244 g/mol. The fourth-order valence-corrected chi connectivity index (χ4v) is 2.86. The van der Waals surface area contributed by atoms with Gasteiger partial charge in [-0.2, -0.15) is 5.10 Å². The standard InChI is InChI=1S/C13H20N4S/c1-3-6-11(12-7-5-8-18-12)14-9-13-15-10-16-17(13)4-2/h5,7-8,10-11,14H,3-4,6,9H2,1-2H3. The zero-order valence-corrected chi connectivity index (χ0v) is 11.8. The van der Waals surface area contributed by atoms with Crippen LogP contribution in [0.3, 0.4) is 0 Å². The molecule has 4 nitrogen and oxygen atoms in total.